The van der Waals surface area contributed by atoms with Crippen molar-refractivity contribution in [1.29, 1.82) is 0 Å². The number of ether oxygens (including phenoxy) is 1. The summed E-state index contributed by atoms with van der Waals surface area (Å²) in [4.78, 5) is 42.0. The van der Waals surface area contributed by atoms with Gasteiger partial charge in [-0.25, -0.2) is 9.59 Å². The molecule has 0 radical (unpaired) electrons. The van der Waals surface area contributed by atoms with E-state index in [4.69, 9.17) is 15.6 Å². The number of carboxylic acids is 1. The van der Waals surface area contributed by atoms with Crippen molar-refractivity contribution in [1.82, 2.24) is 0 Å². The number of esters is 2. The first-order valence-corrected chi connectivity index (χ1v) is 9.39. The normalized spacial score (nSPS) is 10.6. The van der Waals surface area contributed by atoms with Crippen LogP contribution in [0.4, 0.5) is 4.79 Å². The molecule has 0 saturated heterocycles. The van der Waals surface area contributed by atoms with E-state index >= 15 is 0 Å². The van der Waals surface area contributed by atoms with Crippen LogP contribution in [-0.2, 0) is 19.1 Å². The van der Waals surface area contributed by atoms with Crippen LogP contribution in [-0.4, -0.2) is 35.1 Å². The van der Waals surface area contributed by atoms with Crippen LogP contribution in [0.2, 0.25) is 0 Å². The number of carbonyl (C=O) groups is 4. The van der Waals surface area contributed by atoms with Crippen LogP contribution >= 0.6 is 0 Å². The molecule has 0 saturated carbocycles. The molecule has 1 atom stereocenters. The monoisotopic (exact) mass is 412 g/mol. The standard InChI is InChI=1S/C17H31NO5.CH3NO2.Na/c1-2-3-4-5-6-7-8-9-10-11-16(21)23-17(22)14(18)12-13-15(19)20;2-1(3)4;/h14H,2-13,18H2,1H3,(H,19,20);2H2,(H,3,4);/q;;+1/p-1/t14-;;/m0../s1. The van der Waals surface area contributed by atoms with Crippen molar-refractivity contribution in [2.24, 2.45) is 11.5 Å². The number of amides is 1. The predicted octanol–water partition coefficient (Wildman–Crippen LogP) is -1.54. The van der Waals surface area contributed by atoms with Gasteiger partial charge in [0.05, 0.1) is 0 Å². The average Bonchev–Trinajstić information content (AvgIpc) is 2.57. The van der Waals surface area contributed by atoms with Gasteiger partial charge in [0.2, 0.25) is 0 Å². The molecular formula is C18H33N2NaO7. The maximum absolute atomic E-state index is 11.5. The number of nitrogens with two attached hydrogens (primary N) is 2. The molecule has 0 aliphatic heterocycles. The van der Waals surface area contributed by atoms with E-state index in [0.717, 1.165) is 12.8 Å². The van der Waals surface area contributed by atoms with Crippen LogP contribution in [0.5, 0.6) is 0 Å². The Morgan fingerprint density at radius 1 is 0.929 bits per heavy atom. The smallest absolute Gasteiger partial charge is 0.550 e. The minimum Gasteiger partial charge on any atom is -0.550 e. The minimum atomic E-state index is -1.33. The molecule has 9 nitrogen and oxygen atoms in total. The third-order valence-corrected chi connectivity index (χ3v) is 3.66. The van der Waals surface area contributed by atoms with E-state index in [0.29, 0.717) is 6.42 Å². The molecule has 0 spiro atoms. The van der Waals surface area contributed by atoms with Crippen molar-refractivity contribution in [3.05, 3.63) is 0 Å². The SMILES string of the molecule is CCCCCCCCCCCC(=O)OC(=O)[C@@H](N)CCC(=O)[O-].NC(=O)O.[Na+]. The second-order valence-electron chi connectivity index (χ2n) is 6.23. The molecule has 158 valence electrons. The van der Waals surface area contributed by atoms with Crippen molar-refractivity contribution < 1.29 is 63.7 Å². The first-order valence-electron chi connectivity index (χ1n) is 9.39. The van der Waals surface area contributed by atoms with E-state index in [1.54, 1.807) is 0 Å². The summed E-state index contributed by atoms with van der Waals surface area (Å²) in [6.45, 7) is 2.19. The number of carbonyl (C=O) groups excluding carboxylic acids is 3. The summed E-state index contributed by atoms with van der Waals surface area (Å²) in [5, 5.41) is 17.5. The van der Waals surface area contributed by atoms with Gasteiger partial charge in [0.15, 0.2) is 0 Å². The second-order valence-corrected chi connectivity index (χ2v) is 6.23. The van der Waals surface area contributed by atoms with Gasteiger partial charge in [-0.3, -0.25) is 4.79 Å². The van der Waals surface area contributed by atoms with Crippen LogP contribution in [0.1, 0.15) is 84.0 Å². The molecule has 0 aromatic heterocycles. The largest absolute Gasteiger partial charge is 1.00 e. The quantitative estimate of drug-likeness (QED) is 0.133. The fourth-order valence-electron chi connectivity index (χ4n) is 2.21. The molecule has 0 aliphatic rings. The summed E-state index contributed by atoms with van der Waals surface area (Å²) in [5.41, 5.74) is 9.47. The summed E-state index contributed by atoms with van der Waals surface area (Å²) in [7, 11) is 0. The Balaban J connectivity index is -0.00000113. The maximum Gasteiger partial charge on any atom is 1.00 e. The van der Waals surface area contributed by atoms with Gasteiger partial charge in [0, 0.05) is 12.4 Å². The van der Waals surface area contributed by atoms with Crippen LogP contribution in [0.15, 0.2) is 0 Å². The summed E-state index contributed by atoms with van der Waals surface area (Å²) < 4.78 is 4.60. The molecule has 5 N–H and O–H groups in total. The number of hydrogen-bond acceptors (Lipinski definition) is 7. The maximum atomic E-state index is 11.5. The Kier molecular flexibility index (Phi) is 24.9. The summed E-state index contributed by atoms with van der Waals surface area (Å²) in [6, 6.07) is -1.10. The van der Waals surface area contributed by atoms with Crippen molar-refractivity contribution in [3.63, 3.8) is 0 Å². The zero-order valence-corrected chi connectivity index (χ0v) is 19.1. The zero-order valence-electron chi connectivity index (χ0n) is 17.1. The third-order valence-electron chi connectivity index (χ3n) is 3.66. The number of primary amides is 1. The molecule has 0 unspecified atom stereocenters. The number of aliphatic carboxylic acids is 1. The summed E-state index contributed by atoms with van der Waals surface area (Å²) in [5.74, 6) is -2.75. The summed E-state index contributed by atoms with van der Waals surface area (Å²) >= 11 is 0. The number of carboxylic acid groups (broad SMARTS) is 2. The van der Waals surface area contributed by atoms with Gasteiger partial charge in [-0.05, 0) is 19.3 Å². The average molecular weight is 412 g/mol. The molecule has 0 aromatic rings. The van der Waals surface area contributed by atoms with Gasteiger partial charge in [0.1, 0.15) is 6.04 Å². The minimum absolute atomic E-state index is 0. The van der Waals surface area contributed by atoms with Gasteiger partial charge < -0.3 is 31.2 Å². The molecule has 0 aliphatic carbocycles. The Morgan fingerprint density at radius 2 is 1.36 bits per heavy atom. The predicted molar refractivity (Wildman–Crippen MR) is 97.4 cm³/mol. The van der Waals surface area contributed by atoms with Crippen LogP contribution in [0.25, 0.3) is 0 Å². The van der Waals surface area contributed by atoms with Gasteiger partial charge in [0.25, 0.3) is 0 Å². The van der Waals surface area contributed by atoms with Gasteiger partial charge in [-0.2, -0.15) is 0 Å². The van der Waals surface area contributed by atoms with Gasteiger partial charge in [-0.1, -0.05) is 58.3 Å². The fourth-order valence-corrected chi connectivity index (χ4v) is 2.21. The Labute approximate surface area is 188 Å². The van der Waals surface area contributed by atoms with Crippen LogP contribution in [0.3, 0.4) is 0 Å². The van der Waals surface area contributed by atoms with Crippen molar-refractivity contribution in [2.75, 3.05) is 0 Å². The Morgan fingerprint density at radius 3 is 1.79 bits per heavy atom. The summed E-state index contributed by atoms with van der Waals surface area (Å²) in [6.07, 6.45) is 8.66. The molecule has 0 heterocycles. The van der Waals surface area contributed by atoms with Crippen molar-refractivity contribution in [3.8, 4) is 0 Å². The third kappa shape index (κ3) is 27.1. The van der Waals surface area contributed by atoms with E-state index < -0.39 is 30.0 Å². The van der Waals surface area contributed by atoms with Crippen LogP contribution < -0.4 is 46.1 Å². The molecule has 1 amide bonds. The van der Waals surface area contributed by atoms with E-state index in [2.05, 4.69) is 17.4 Å². The molecule has 10 heteroatoms. The van der Waals surface area contributed by atoms with Gasteiger partial charge >= 0.3 is 47.6 Å². The topological polar surface area (TPSA) is 173 Å². The van der Waals surface area contributed by atoms with E-state index in [1.807, 2.05) is 0 Å². The second kappa shape index (κ2) is 22.1. The number of unbranched alkanes of at least 4 members (excludes halogenated alkanes) is 8. The molecule has 28 heavy (non-hydrogen) atoms. The Hall–Kier alpha value is -1.16. The molecular weight excluding hydrogens is 379 g/mol. The van der Waals surface area contributed by atoms with Crippen molar-refractivity contribution in [2.45, 2.75) is 90.0 Å². The molecule has 0 fully saturated rings. The van der Waals surface area contributed by atoms with E-state index in [9.17, 15) is 19.5 Å². The molecule has 0 bridgehead atoms. The Bertz CT molecular complexity index is 444. The molecule has 0 rings (SSSR count). The van der Waals surface area contributed by atoms with E-state index in [1.165, 1.54) is 38.5 Å². The first-order chi connectivity index (χ1) is 12.7. The first kappa shape index (κ1) is 31.5. The molecule has 0 aromatic carbocycles. The van der Waals surface area contributed by atoms with Crippen molar-refractivity contribution >= 4 is 24.0 Å². The van der Waals surface area contributed by atoms with Gasteiger partial charge in [-0.15, -0.1) is 0 Å². The number of hydrogen-bond donors (Lipinski definition) is 3. The fraction of sp³-hybridized carbons (Fsp3) is 0.778. The zero-order chi connectivity index (χ0) is 21.1. The van der Waals surface area contributed by atoms with E-state index in [-0.39, 0.29) is 48.8 Å². The van der Waals surface area contributed by atoms with Crippen LogP contribution in [0, 0.1) is 0 Å². The number of rotatable bonds is 14.